The largest absolute Gasteiger partial charge is 0.508 e. The zero-order chi connectivity index (χ0) is 13.5. The average molecular weight is 252 g/mol. The average Bonchev–Trinajstić information content (AvgIpc) is 2.39. The predicted molar refractivity (Wildman–Crippen MR) is 78.0 cm³/mol. The van der Waals surface area contributed by atoms with Gasteiger partial charge in [-0.05, 0) is 25.5 Å². The molecule has 1 rings (SSSR count). The summed E-state index contributed by atoms with van der Waals surface area (Å²) in [4.78, 5) is 0. The molecule has 0 unspecified atom stereocenters. The lowest BCUT2D eigenvalue weighted by Gasteiger charge is -2.00. The van der Waals surface area contributed by atoms with Gasteiger partial charge in [-0.1, -0.05) is 57.2 Å². The van der Waals surface area contributed by atoms with Crippen molar-refractivity contribution >= 4 is 0 Å². The number of para-hydroxylation sites is 1. The van der Waals surface area contributed by atoms with Crippen molar-refractivity contribution in [2.24, 2.45) is 0 Å². The van der Waals surface area contributed by atoms with E-state index < -0.39 is 0 Å². The molecule has 0 saturated heterocycles. The highest BCUT2D eigenvalue weighted by atomic mass is 16.5. The maximum atomic E-state index is 8.63. The van der Waals surface area contributed by atoms with E-state index in [1.54, 1.807) is 24.3 Å². The van der Waals surface area contributed by atoms with E-state index in [1.807, 2.05) is 6.07 Å². The number of hydrogen-bond donors (Lipinski definition) is 1. The molecule has 1 aromatic rings. The van der Waals surface area contributed by atoms with Gasteiger partial charge in [0.2, 0.25) is 0 Å². The number of benzene rings is 1. The summed E-state index contributed by atoms with van der Waals surface area (Å²) in [7, 11) is 0. The van der Waals surface area contributed by atoms with Gasteiger partial charge in [0.1, 0.15) is 5.75 Å². The van der Waals surface area contributed by atoms with Gasteiger partial charge in [-0.25, -0.2) is 0 Å². The molecule has 1 N–H and O–H groups in total. The number of hydrogen-bond acceptors (Lipinski definition) is 2. The topological polar surface area (TPSA) is 29.5 Å². The van der Waals surface area contributed by atoms with E-state index in [0.717, 1.165) is 13.2 Å². The summed E-state index contributed by atoms with van der Waals surface area (Å²) in [6.07, 6.45) is 8.13. The van der Waals surface area contributed by atoms with Crippen LogP contribution in [0.4, 0.5) is 0 Å². The van der Waals surface area contributed by atoms with Gasteiger partial charge >= 0.3 is 0 Å². The van der Waals surface area contributed by atoms with Crippen LogP contribution in [-0.2, 0) is 4.74 Å². The third-order valence-electron chi connectivity index (χ3n) is 2.60. The number of ether oxygens (including phenoxy) is 1. The summed E-state index contributed by atoms with van der Waals surface area (Å²) in [6.45, 7) is 6.13. The molecule has 0 amide bonds. The monoisotopic (exact) mass is 252 g/mol. The lowest BCUT2D eigenvalue weighted by molar-refractivity contribution is 0.143. The van der Waals surface area contributed by atoms with Crippen molar-refractivity contribution in [3.8, 4) is 5.75 Å². The van der Waals surface area contributed by atoms with Crippen molar-refractivity contribution in [1.29, 1.82) is 0 Å². The van der Waals surface area contributed by atoms with Crippen LogP contribution in [0.25, 0.3) is 0 Å². The molecule has 0 aliphatic rings. The fraction of sp³-hybridized carbons (Fsp3) is 0.625. The summed E-state index contributed by atoms with van der Waals surface area (Å²) in [6, 6.07) is 8.71. The summed E-state index contributed by atoms with van der Waals surface area (Å²) >= 11 is 0. The van der Waals surface area contributed by atoms with Gasteiger partial charge in [-0.15, -0.1) is 0 Å². The Bertz CT molecular complexity index is 239. The SMILES string of the molecule is CCCCCCCCOCC.Oc1ccccc1. The minimum Gasteiger partial charge on any atom is -0.508 e. The summed E-state index contributed by atoms with van der Waals surface area (Å²) in [5.41, 5.74) is 0. The second kappa shape index (κ2) is 14.0. The minimum atomic E-state index is 0.322. The maximum absolute atomic E-state index is 8.63. The van der Waals surface area contributed by atoms with E-state index in [-0.39, 0.29) is 0 Å². The number of unbranched alkanes of at least 4 members (excludes halogenated alkanes) is 5. The Morgan fingerprint density at radius 3 is 2.00 bits per heavy atom. The van der Waals surface area contributed by atoms with Crippen LogP contribution in [0.15, 0.2) is 30.3 Å². The summed E-state index contributed by atoms with van der Waals surface area (Å²) < 4.78 is 5.24. The molecule has 2 nitrogen and oxygen atoms in total. The molecule has 0 aliphatic heterocycles. The van der Waals surface area contributed by atoms with Gasteiger partial charge in [0, 0.05) is 13.2 Å². The number of phenols is 1. The van der Waals surface area contributed by atoms with Gasteiger partial charge in [0.25, 0.3) is 0 Å². The molecule has 0 saturated carbocycles. The Morgan fingerprint density at radius 1 is 0.889 bits per heavy atom. The highest BCUT2D eigenvalue weighted by Gasteiger charge is 1.88. The molecule has 0 atom stereocenters. The molecule has 0 aliphatic carbocycles. The van der Waals surface area contributed by atoms with Crippen LogP contribution < -0.4 is 0 Å². The third kappa shape index (κ3) is 13.0. The van der Waals surface area contributed by atoms with Crippen LogP contribution in [0.1, 0.15) is 52.4 Å². The molecule has 0 bridgehead atoms. The highest BCUT2D eigenvalue weighted by molar-refractivity contribution is 5.18. The molecule has 1 aromatic carbocycles. The number of rotatable bonds is 8. The van der Waals surface area contributed by atoms with Gasteiger partial charge in [0.05, 0.1) is 0 Å². The van der Waals surface area contributed by atoms with Crippen molar-refractivity contribution in [1.82, 2.24) is 0 Å². The molecular formula is C16H28O2. The quantitative estimate of drug-likeness (QED) is 0.675. The molecule has 104 valence electrons. The van der Waals surface area contributed by atoms with Crippen LogP contribution in [0.3, 0.4) is 0 Å². The lowest BCUT2D eigenvalue weighted by atomic mass is 10.1. The van der Waals surface area contributed by atoms with Gasteiger partial charge in [-0.2, -0.15) is 0 Å². The first-order valence-corrected chi connectivity index (χ1v) is 7.13. The fourth-order valence-corrected chi connectivity index (χ4v) is 1.56. The fourth-order valence-electron chi connectivity index (χ4n) is 1.56. The Labute approximate surface area is 112 Å². The number of aromatic hydroxyl groups is 1. The Hall–Kier alpha value is -1.02. The van der Waals surface area contributed by atoms with Crippen molar-refractivity contribution in [3.63, 3.8) is 0 Å². The second-order valence-corrected chi connectivity index (χ2v) is 4.30. The van der Waals surface area contributed by atoms with Crippen molar-refractivity contribution in [3.05, 3.63) is 30.3 Å². The van der Waals surface area contributed by atoms with Gasteiger partial charge in [0.15, 0.2) is 0 Å². The first-order chi connectivity index (χ1) is 8.81. The predicted octanol–water partition coefficient (Wildman–Crippen LogP) is 4.78. The van der Waals surface area contributed by atoms with Crippen LogP contribution in [0.5, 0.6) is 5.75 Å². The first-order valence-electron chi connectivity index (χ1n) is 7.13. The first kappa shape index (κ1) is 17.0. The van der Waals surface area contributed by atoms with Crippen LogP contribution in [0, 0.1) is 0 Å². The standard InChI is InChI=1S/C10H22O.C6H6O/c1-3-5-6-7-8-9-10-11-4-2;7-6-4-2-1-3-5-6/h3-10H2,1-2H3;1-5,7H. The van der Waals surface area contributed by atoms with Crippen molar-refractivity contribution in [2.45, 2.75) is 52.4 Å². The van der Waals surface area contributed by atoms with E-state index in [1.165, 1.54) is 38.5 Å². The Kier molecular flexibility index (Phi) is 13.2. The zero-order valence-corrected chi connectivity index (χ0v) is 11.9. The highest BCUT2D eigenvalue weighted by Crippen LogP contribution is 2.04. The van der Waals surface area contributed by atoms with Crippen LogP contribution in [-0.4, -0.2) is 18.3 Å². The van der Waals surface area contributed by atoms with Crippen LogP contribution >= 0.6 is 0 Å². The van der Waals surface area contributed by atoms with Crippen LogP contribution in [0.2, 0.25) is 0 Å². The van der Waals surface area contributed by atoms with Gasteiger partial charge in [-0.3, -0.25) is 0 Å². The molecule has 18 heavy (non-hydrogen) atoms. The zero-order valence-electron chi connectivity index (χ0n) is 11.9. The molecule has 0 spiro atoms. The third-order valence-corrected chi connectivity index (χ3v) is 2.60. The molecule has 2 heteroatoms. The summed E-state index contributed by atoms with van der Waals surface area (Å²) in [5, 5.41) is 8.63. The minimum absolute atomic E-state index is 0.322. The van der Waals surface area contributed by atoms with E-state index >= 15 is 0 Å². The van der Waals surface area contributed by atoms with Crippen molar-refractivity contribution < 1.29 is 9.84 Å². The Morgan fingerprint density at radius 2 is 1.50 bits per heavy atom. The van der Waals surface area contributed by atoms with Gasteiger partial charge < -0.3 is 9.84 Å². The summed E-state index contributed by atoms with van der Waals surface area (Å²) in [5.74, 6) is 0.322. The second-order valence-electron chi connectivity index (χ2n) is 4.30. The maximum Gasteiger partial charge on any atom is 0.115 e. The van der Waals surface area contributed by atoms with Crippen molar-refractivity contribution in [2.75, 3.05) is 13.2 Å². The normalized spacial score (nSPS) is 9.67. The molecule has 0 heterocycles. The Balaban J connectivity index is 0.000000351. The molecule has 0 radical (unpaired) electrons. The molecule has 0 fully saturated rings. The van der Waals surface area contributed by atoms with E-state index in [4.69, 9.17) is 9.84 Å². The number of phenolic OH excluding ortho intramolecular Hbond substituents is 1. The van der Waals surface area contributed by atoms with E-state index in [0.29, 0.717) is 5.75 Å². The van der Waals surface area contributed by atoms with E-state index in [2.05, 4.69) is 13.8 Å². The van der Waals surface area contributed by atoms with E-state index in [9.17, 15) is 0 Å². The lowest BCUT2D eigenvalue weighted by Crippen LogP contribution is -1.92. The smallest absolute Gasteiger partial charge is 0.115 e. The molecular weight excluding hydrogens is 224 g/mol. The molecule has 0 aromatic heterocycles.